The Kier molecular flexibility index (Phi) is 2.73. The minimum atomic E-state index is -0.350. The van der Waals surface area contributed by atoms with E-state index in [4.69, 9.17) is 11.6 Å². The summed E-state index contributed by atoms with van der Waals surface area (Å²) in [7, 11) is 1.63. The van der Waals surface area contributed by atoms with Gasteiger partial charge in [0.2, 0.25) is 0 Å². The van der Waals surface area contributed by atoms with E-state index in [-0.39, 0.29) is 4.65 Å². The molecule has 0 fully saturated rings. The van der Waals surface area contributed by atoms with Crippen molar-refractivity contribution in [3.8, 4) is 0 Å². The molecule has 0 bridgehead atoms. The molecule has 0 N–H and O–H groups in total. The van der Waals surface area contributed by atoms with Crippen LogP contribution in [0, 0.1) is 5.21 Å². The van der Waals surface area contributed by atoms with E-state index >= 15 is 0 Å². The first kappa shape index (κ1) is 9.52. The van der Waals surface area contributed by atoms with Crippen LogP contribution in [-0.2, 0) is 0 Å². The molecule has 1 aromatic carbocycles. The highest BCUT2D eigenvalue weighted by Crippen LogP contribution is 2.21. The van der Waals surface area contributed by atoms with E-state index in [2.05, 4.69) is 0 Å². The largest absolute Gasteiger partial charge is 0.628 e. The Bertz CT molecular complexity index is 256. The third-order valence-electron chi connectivity index (χ3n) is 1.98. The molecule has 0 amide bonds. The molecule has 66 valence electrons. The van der Waals surface area contributed by atoms with E-state index in [1.165, 1.54) is 0 Å². The normalized spacial score (nSPS) is 15.7. The number of halogens is 1. The van der Waals surface area contributed by atoms with Crippen molar-refractivity contribution in [2.45, 2.75) is 6.92 Å². The average Bonchev–Trinajstić information content (AvgIpc) is 2.05. The van der Waals surface area contributed by atoms with E-state index in [0.717, 1.165) is 5.69 Å². The van der Waals surface area contributed by atoms with Crippen molar-refractivity contribution in [1.29, 1.82) is 0 Å². The lowest BCUT2D eigenvalue weighted by Gasteiger charge is -2.36. The van der Waals surface area contributed by atoms with Crippen LogP contribution in [0.5, 0.6) is 0 Å². The van der Waals surface area contributed by atoms with Gasteiger partial charge in [-0.3, -0.25) is 0 Å². The summed E-state index contributed by atoms with van der Waals surface area (Å²) in [6.45, 7) is 2.39. The first-order valence-corrected chi connectivity index (χ1v) is 4.27. The molecule has 1 rings (SSSR count). The minimum Gasteiger partial charge on any atom is -0.628 e. The lowest BCUT2D eigenvalue weighted by molar-refractivity contribution is 0.470. The second kappa shape index (κ2) is 3.44. The predicted octanol–water partition coefficient (Wildman–Crippen LogP) is 2.79. The van der Waals surface area contributed by atoms with Crippen LogP contribution in [0.25, 0.3) is 0 Å². The van der Waals surface area contributed by atoms with Crippen LogP contribution in [0.1, 0.15) is 6.92 Å². The summed E-state index contributed by atoms with van der Waals surface area (Å²) in [4.78, 5) is 0. The lowest BCUT2D eigenvalue weighted by Crippen LogP contribution is -2.37. The summed E-state index contributed by atoms with van der Waals surface area (Å²) in [6.07, 6.45) is 0. The van der Waals surface area contributed by atoms with Gasteiger partial charge in [0, 0.05) is 17.2 Å². The number of hydrogen-bond donors (Lipinski definition) is 0. The molecule has 0 aliphatic rings. The topological polar surface area (TPSA) is 23.1 Å². The van der Waals surface area contributed by atoms with Gasteiger partial charge >= 0.3 is 0 Å². The Hall–Kier alpha value is -0.570. The molecule has 0 radical (unpaired) electrons. The van der Waals surface area contributed by atoms with E-state index in [9.17, 15) is 5.21 Å². The van der Waals surface area contributed by atoms with Gasteiger partial charge in [-0.2, -0.15) is 0 Å². The molecule has 12 heavy (non-hydrogen) atoms. The highest BCUT2D eigenvalue weighted by molar-refractivity contribution is 6.30. The van der Waals surface area contributed by atoms with Gasteiger partial charge in [0.1, 0.15) is 5.69 Å². The maximum atomic E-state index is 11.7. The highest BCUT2D eigenvalue weighted by Gasteiger charge is 2.09. The summed E-state index contributed by atoms with van der Waals surface area (Å²) in [6, 6.07) is 7.00. The SMILES string of the molecule is CC[N+](C)([O-])c1ccc(Cl)cc1. The molecule has 0 aliphatic heterocycles. The van der Waals surface area contributed by atoms with Crippen LogP contribution >= 0.6 is 11.6 Å². The Morgan fingerprint density at radius 1 is 1.33 bits per heavy atom. The van der Waals surface area contributed by atoms with Crippen molar-refractivity contribution in [2.24, 2.45) is 0 Å². The molecule has 2 nitrogen and oxygen atoms in total. The summed E-state index contributed by atoms with van der Waals surface area (Å²) in [5.74, 6) is 0. The van der Waals surface area contributed by atoms with Gasteiger partial charge in [0.15, 0.2) is 0 Å². The molecule has 1 unspecified atom stereocenters. The van der Waals surface area contributed by atoms with Crippen molar-refractivity contribution in [2.75, 3.05) is 13.6 Å². The Morgan fingerprint density at radius 3 is 2.25 bits per heavy atom. The monoisotopic (exact) mass is 185 g/mol. The van der Waals surface area contributed by atoms with Gasteiger partial charge in [-0.1, -0.05) is 11.6 Å². The second-order valence-electron chi connectivity index (χ2n) is 2.89. The van der Waals surface area contributed by atoms with Crippen molar-refractivity contribution in [1.82, 2.24) is 4.65 Å². The van der Waals surface area contributed by atoms with Crippen LogP contribution in [0.3, 0.4) is 0 Å². The molecular weight excluding hydrogens is 174 g/mol. The fraction of sp³-hybridized carbons (Fsp3) is 0.333. The van der Waals surface area contributed by atoms with E-state index in [0.29, 0.717) is 11.6 Å². The number of benzene rings is 1. The molecule has 0 aromatic heterocycles. The number of rotatable bonds is 2. The van der Waals surface area contributed by atoms with Gasteiger partial charge in [-0.15, -0.1) is 0 Å². The minimum absolute atomic E-state index is 0.350. The van der Waals surface area contributed by atoms with Gasteiger partial charge in [0.05, 0.1) is 13.6 Å². The van der Waals surface area contributed by atoms with Crippen LogP contribution in [0.2, 0.25) is 5.02 Å². The van der Waals surface area contributed by atoms with Crippen LogP contribution in [-0.4, -0.2) is 13.6 Å². The maximum absolute atomic E-state index is 11.7. The Morgan fingerprint density at radius 2 is 1.83 bits per heavy atom. The van der Waals surface area contributed by atoms with Crippen LogP contribution in [0.4, 0.5) is 5.69 Å². The number of quaternary nitrogens is 1. The average molecular weight is 186 g/mol. The fourth-order valence-electron chi connectivity index (χ4n) is 0.939. The fourth-order valence-corrected chi connectivity index (χ4v) is 1.06. The first-order valence-electron chi connectivity index (χ1n) is 3.89. The standard InChI is InChI=1S/C9H12ClNO/c1-3-11(2,12)9-6-4-8(10)5-7-9/h4-7H,3H2,1-2H3. The van der Waals surface area contributed by atoms with E-state index in [1.807, 2.05) is 6.92 Å². The van der Waals surface area contributed by atoms with Crippen LogP contribution < -0.4 is 4.65 Å². The van der Waals surface area contributed by atoms with E-state index < -0.39 is 0 Å². The lowest BCUT2D eigenvalue weighted by atomic mass is 10.3. The van der Waals surface area contributed by atoms with Gasteiger partial charge in [0.25, 0.3) is 0 Å². The molecule has 1 atom stereocenters. The summed E-state index contributed by atoms with van der Waals surface area (Å²) in [5, 5.41) is 12.3. The van der Waals surface area contributed by atoms with Gasteiger partial charge in [-0.05, 0) is 19.1 Å². The molecule has 0 saturated heterocycles. The summed E-state index contributed by atoms with van der Waals surface area (Å²) < 4.78 is -0.350. The zero-order chi connectivity index (χ0) is 9.19. The molecule has 3 heteroatoms. The zero-order valence-electron chi connectivity index (χ0n) is 7.25. The van der Waals surface area contributed by atoms with Crippen molar-refractivity contribution < 1.29 is 0 Å². The highest BCUT2D eigenvalue weighted by atomic mass is 35.5. The predicted molar refractivity (Wildman–Crippen MR) is 53.1 cm³/mol. The quantitative estimate of drug-likeness (QED) is 0.513. The van der Waals surface area contributed by atoms with Gasteiger partial charge in [-0.25, -0.2) is 0 Å². The molecular formula is C9H12ClNO. The van der Waals surface area contributed by atoms with Crippen molar-refractivity contribution >= 4 is 17.3 Å². The van der Waals surface area contributed by atoms with Crippen molar-refractivity contribution in [3.63, 3.8) is 0 Å². The van der Waals surface area contributed by atoms with Gasteiger partial charge < -0.3 is 9.85 Å². The Balaban J connectivity index is 2.96. The summed E-state index contributed by atoms with van der Waals surface area (Å²) >= 11 is 5.70. The molecule has 0 aliphatic carbocycles. The molecule has 0 spiro atoms. The first-order chi connectivity index (χ1) is 5.56. The second-order valence-corrected chi connectivity index (χ2v) is 3.33. The third kappa shape index (κ3) is 1.97. The molecule has 1 aromatic rings. The number of nitrogens with zero attached hydrogens (tertiary/aromatic N) is 1. The number of hydrogen-bond acceptors (Lipinski definition) is 1. The third-order valence-corrected chi connectivity index (χ3v) is 2.23. The maximum Gasteiger partial charge on any atom is 0.132 e. The van der Waals surface area contributed by atoms with E-state index in [1.54, 1.807) is 31.3 Å². The zero-order valence-corrected chi connectivity index (χ0v) is 8.01. The van der Waals surface area contributed by atoms with Crippen LogP contribution in [0.15, 0.2) is 24.3 Å². The number of hydroxylamine groups is 2. The Labute approximate surface area is 77.5 Å². The molecule has 0 heterocycles. The van der Waals surface area contributed by atoms with Crippen molar-refractivity contribution in [3.05, 3.63) is 34.5 Å². The smallest absolute Gasteiger partial charge is 0.132 e. The molecule has 0 saturated carbocycles. The summed E-state index contributed by atoms with van der Waals surface area (Å²) in [5.41, 5.74) is 0.738.